The Labute approximate surface area is 210 Å². The number of aromatic nitrogens is 7. The van der Waals surface area contributed by atoms with Crippen molar-refractivity contribution in [2.24, 2.45) is 0 Å². The quantitative estimate of drug-likeness (QED) is 0.314. The SMILES string of the molecule is Cc1cc(Nc2ncnc3ccc(CC(=O)c4cnoc4C)cc23)ccc1Oc1cc2nncn2cn1. The number of hydrogen-bond donors (Lipinski definition) is 1. The summed E-state index contributed by atoms with van der Waals surface area (Å²) >= 11 is 0. The molecular formula is C26H20N8O3. The monoisotopic (exact) mass is 492 g/mol. The number of Topliss-reactive ketones (excluding diaryl/α,β-unsaturated/α-hetero) is 1. The van der Waals surface area contributed by atoms with Crippen LogP contribution in [0.4, 0.5) is 11.5 Å². The third-order valence-corrected chi connectivity index (χ3v) is 5.93. The van der Waals surface area contributed by atoms with Gasteiger partial charge in [-0.25, -0.2) is 15.0 Å². The molecule has 0 saturated carbocycles. The molecule has 1 N–H and O–H groups in total. The molecule has 0 aliphatic rings. The van der Waals surface area contributed by atoms with Crippen molar-refractivity contribution >= 4 is 33.8 Å². The number of benzene rings is 2. The fraction of sp³-hybridized carbons (Fsp3) is 0.115. The molecule has 2 aromatic carbocycles. The van der Waals surface area contributed by atoms with Crippen molar-refractivity contribution in [3.63, 3.8) is 0 Å². The lowest BCUT2D eigenvalue weighted by molar-refractivity contribution is 0.0991. The largest absolute Gasteiger partial charge is 0.439 e. The molecule has 0 aliphatic heterocycles. The van der Waals surface area contributed by atoms with Crippen LogP contribution in [0.2, 0.25) is 0 Å². The lowest BCUT2D eigenvalue weighted by Gasteiger charge is -2.12. The van der Waals surface area contributed by atoms with E-state index in [9.17, 15) is 4.79 Å². The van der Waals surface area contributed by atoms with Crippen LogP contribution in [0.3, 0.4) is 0 Å². The number of carbonyl (C=O) groups is 1. The highest BCUT2D eigenvalue weighted by Gasteiger charge is 2.15. The van der Waals surface area contributed by atoms with E-state index in [4.69, 9.17) is 9.26 Å². The summed E-state index contributed by atoms with van der Waals surface area (Å²) in [5.74, 6) is 2.17. The molecule has 4 heterocycles. The zero-order valence-electron chi connectivity index (χ0n) is 19.9. The number of ether oxygens (including phenoxy) is 1. The minimum Gasteiger partial charge on any atom is -0.439 e. The lowest BCUT2D eigenvalue weighted by atomic mass is 10.0. The molecule has 0 unspecified atom stereocenters. The van der Waals surface area contributed by atoms with Crippen LogP contribution in [0.15, 0.2) is 72.2 Å². The van der Waals surface area contributed by atoms with Crippen molar-refractivity contribution in [2.45, 2.75) is 20.3 Å². The number of nitrogens with zero attached hydrogens (tertiary/aromatic N) is 7. The summed E-state index contributed by atoms with van der Waals surface area (Å²) in [5, 5.41) is 15.7. The van der Waals surface area contributed by atoms with Gasteiger partial charge in [0.15, 0.2) is 11.4 Å². The van der Waals surface area contributed by atoms with Gasteiger partial charge in [0, 0.05) is 23.6 Å². The maximum Gasteiger partial charge on any atom is 0.224 e. The van der Waals surface area contributed by atoms with Crippen molar-refractivity contribution in [1.29, 1.82) is 0 Å². The van der Waals surface area contributed by atoms with E-state index in [-0.39, 0.29) is 12.2 Å². The van der Waals surface area contributed by atoms with E-state index in [2.05, 4.69) is 35.6 Å². The molecule has 0 fully saturated rings. The third kappa shape index (κ3) is 4.45. The van der Waals surface area contributed by atoms with E-state index in [0.29, 0.717) is 34.4 Å². The van der Waals surface area contributed by atoms with Crippen LogP contribution in [0.25, 0.3) is 16.6 Å². The van der Waals surface area contributed by atoms with Crippen LogP contribution < -0.4 is 10.1 Å². The van der Waals surface area contributed by atoms with Gasteiger partial charge in [0.25, 0.3) is 0 Å². The highest BCUT2D eigenvalue weighted by molar-refractivity contribution is 5.99. The number of aryl methyl sites for hydroxylation is 2. The molecule has 0 bridgehead atoms. The van der Waals surface area contributed by atoms with Crippen LogP contribution in [0.5, 0.6) is 11.6 Å². The van der Waals surface area contributed by atoms with Crippen molar-refractivity contribution in [2.75, 3.05) is 5.32 Å². The Kier molecular flexibility index (Phi) is 5.49. The van der Waals surface area contributed by atoms with Crippen molar-refractivity contribution < 1.29 is 14.1 Å². The Morgan fingerprint density at radius 1 is 1.05 bits per heavy atom. The maximum atomic E-state index is 12.7. The van der Waals surface area contributed by atoms with Gasteiger partial charge in [-0.05, 0) is 55.3 Å². The van der Waals surface area contributed by atoms with Gasteiger partial charge in [0.2, 0.25) is 5.88 Å². The first kappa shape index (κ1) is 22.3. The second-order valence-corrected chi connectivity index (χ2v) is 8.50. The van der Waals surface area contributed by atoms with E-state index in [1.165, 1.54) is 12.5 Å². The molecule has 0 atom stereocenters. The minimum atomic E-state index is -0.0617. The smallest absolute Gasteiger partial charge is 0.224 e. The Balaban J connectivity index is 1.23. The predicted molar refractivity (Wildman–Crippen MR) is 134 cm³/mol. The molecule has 182 valence electrons. The number of hydrogen-bond acceptors (Lipinski definition) is 10. The second kappa shape index (κ2) is 9.11. The first-order valence-electron chi connectivity index (χ1n) is 11.4. The first-order chi connectivity index (χ1) is 18.0. The van der Waals surface area contributed by atoms with E-state index < -0.39 is 0 Å². The van der Waals surface area contributed by atoms with Gasteiger partial charge >= 0.3 is 0 Å². The average Bonchev–Trinajstić information content (AvgIpc) is 3.54. The van der Waals surface area contributed by atoms with Gasteiger partial charge in [0.05, 0.1) is 17.3 Å². The van der Waals surface area contributed by atoms with E-state index in [1.54, 1.807) is 30.0 Å². The van der Waals surface area contributed by atoms with Gasteiger partial charge in [-0.15, -0.1) is 10.2 Å². The Morgan fingerprint density at radius 2 is 1.97 bits per heavy atom. The van der Waals surface area contributed by atoms with E-state index in [0.717, 1.165) is 27.7 Å². The van der Waals surface area contributed by atoms with E-state index >= 15 is 0 Å². The fourth-order valence-corrected chi connectivity index (χ4v) is 4.02. The summed E-state index contributed by atoms with van der Waals surface area (Å²) in [4.78, 5) is 25.8. The summed E-state index contributed by atoms with van der Waals surface area (Å²) in [6.07, 6.45) is 6.35. The van der Waals surface area contributed by atoms with Gasteiger partial charge in [-0.3, -0.25) is 9.20 Å². The zero-order chi connectivity index (χ0) is 25.4. The molecule has 0 aliphatic carbocycles. The van der Waals surface area contributed by atoms with Crippen molar-refractivity contribution in [3.05, 3.63) is 90.1 Å². The minimum absolute atomic E-state index is 0.0617. The molecule has 0 saturated heterocycles. The van der Waals surface area contributed by atoms with Gasteiger partial charge in [0.1, 0.15) is 36.3 Å². The van der Waals surface area contributed by atoms with Crippen molar-refractivity contribution in [3.8, 4) is 11.6 Å². The van der Waals surface area contributed by atoms with Crippen LogP contribution in [0.1, 0.15) is 27.2 Å². The summed E-state index contributed by atoms with van der Waals surface area (Å²) in [7, 11) is 0. The molecule has 11 heteroatoms. The molecule has 6 rings (SSSR count). The summed E-state index contributed by atoms with van der Waals surface area (Å²) in [6.45, 7) is 3.67. The number of carbonyl (C=O) groups excluding carboxylic acids is 1. The zero-order valence-corrected chi connectivity index (χ0v) is 19.9. The lowest BCUT2D eigenvalue weighted by Crippen LogP contribution is -2.04. The van der Waals surface area contributed by atoms with Crippen LogP contribution in [-0.2, 0) is 6.42 Å². The molecule has 11 nitrogen and oxygen atoms in total. The number of anilines is 2. The van der Waals surface area contributed by atoms with Gasteiger partial charge in [-0.1, -0.05) is 11.2 Å². The Morgan fingerprint density at radius 3 is 2.81 bits per heavy atom. The predicted octanol–water partition coefficient (Wildman–Crippen LogP) is 4.63. The second-order valence-electron chi connectivity index (χ2n) is 8.50. The number of fused-ring (bicyclic) bond motifs is 2. The fourth-order valence-electron chi connectivity index (χ4n) is 4.02. The molecule has 0 amide bonds. The highest BCUT2D eigenvalue weighted by Crippen LogP contribution is 2.30. The van der Waals surface area contributed by atoms with Crippen LogP contribution >= 0.6 is 0 Å². The maximum absolute atomic E-state index is 12.7. The van der Waals surface area contributed by atoms with Gasteiger partial charge < -0.3 is 14.6 Å². The average molecular weight is 492 g/mol. The van der Waals surface area contributed by atoms with E-state index in [1.807, 2.05) is 43.3 Å². The topological polar surface area (TPSA) is 133 Å². The van der Waals surface area contributed by atoms with Crippen LogP contribution in [0, 0.1) is 13.8 Å². The Hall–Kier alpha value is -5.19. The summed E-state index contributed by atoms with van der Waals surface area (Å²) in [6, 6.07) is 13.1. The Bertz CT molecular complexity index is 1770. The standard InChI is InChI=1S/C26H20N8O3/c1-15-7-18(4-6-23(15)36-25-10-24-33-30-14-34(24)13-29-25)32-26-19-8-17(3-5-21(19)27-12-28-26)9-22(35)20-11-31-37-16(20)2/h3-8,10-14H,9H2,1-2H3,(H,27,28,32). The molecule has 0 spiro atoms. The molecular weight excluding hydrogens is 472 g/mol. The first-order valence-corrected chi connectivity index (χ1v) is 11.4. The molecule has 37 heavy (non-hydrogen) atoms. The summed E-state index contributed by atoms with van der Waals surface area (Å²) < 4.78 is 12.7. The molecule has 4 aromatic heterocycles. The number of nitrogens with one attached hydrogen (secondary N) is 1. The normalized spacial score (nSPS) is 11.2. The van der Waals surface area contributed by atoms with Crippen LogP contribution in [-0.4, -0.2) is 40.5 Å². The third-order valence-electron chi connectivity index (χ3n) is 5.93. The number of rotatable bonds is 7. The molecule has 0 radical (unpaired) electrons. The van der Waals surface area contributed by atoms with Gasteiger partial charge in [-0.2, -0.15) is 0 Å². The summed E-state index contributed by atoms with van der Waals surface area (Å²) in [5.41, 5.74) is 4.47. The highest BCUT2D eigenvalue weighted by atomic mass is 16.5. The van der Waals surface area contributed by atoms with Crippen molar-refractivity contribution in [1.82, 2.24) is 34.7 Å². The number of ketones is 1. The molecule has 6 aromatic rings.